The number of hydrogen-bond donors (Lipinski definition) is 5. The Bertz CT molecular complexity index is 942. The smallest absolute Gasteiger partial charge is 0.332 e. The van der Waals surface area contributed by atoms with Crippen LogP contribution in [-0.2, 0) is 14.3 Å². The Morgan fingerprint density at radius 3 is 2.43 bits per heavy atom. The molecule has 8 nitrogen and oxygen atoms in total. The van der Waals surface area contributed by atoms with Gasteiger partial charge in [-0.1, -0.05) is 27.7 Å². The second kappa shape index (κ2) is 9.70. The molecule has 0 aliphatic heterocycles. The van der Waals surface area contributed by atoms with Gasteiger partial charge in [-0.15, -0.1) is 0 Å². The number of fused-ring (bicyclic) bond motifs is 5. The Morgan fingerprint density at radius 2 is 1.81 bits per heavy atom. The van der Waals surface area contributed by atoms with Gasteiger partial charge in [-0.25, -0.2) is 4.79 Å². The zero-order chi connectivity index (χ0) is 27.6. The van der Waals surface area contributed by atoms with Crippen molar-refractivity contribution in [3.05, 3.63) is 11.6 Å². The van der Waals surface area contributed by atoms with Gasteiger partial charge in [0.2, 0.25) is 0 Å². The van der Waals surface area contributed by atoms with E-state index in [-0.39, 0.29) is 18.1 Å². The summed E-state index contributed by atoms with van der Waals surface area (Å²) in [4.78, 5) is 25.4. The summed E-state index contributed by atoms with van der Waals surface area (Å²) >= 11 is 0. The van der Waals surface area contributed by atoms with Gasteiger partial charge in [0.1, 0.15) is 18.3 Å². The topological polar surface area (TPSA) is 145 Å². The van der Waals surface area contributed by atoms with Gasteiger partial charge >= 0.3 is 5.97 Å². The van der Waals surface area contributed by atoms with E-state index >= 15 is 0 Å². The molecular weight excluding hydrogens is 476 g/mol. The summed E-state index contributed by atoms with van der Waals surface area (Å²) in [5.74, 6) is -1.48. The van der Waals surface area contributed by atoms with Gasteiger partial charge in [0, 0.05) is 11.3 Å². The van der Waals surface area contributed by atoms with Crippen LogP contribution in [0.15, 0.2) is 11.6 Å². The molecule has 4 rings (SSSR count). The molecule has 4 aliphatic carbocycles. The maximum atomic E-state index is 13.4. The van der Waals surface area contributed by atoms with E-state index in [1.165, 1.54) is 0 Å². The Morgan fingerprint density at radius 1 is 1.14 bits per heavy atom. The molecule has 3 saturated carbocycles. The van der Waals surface area contributed by atoms with Crippen molar-refractivity contribution in [3.63, 3.8) is 0 Å². The minimum atomic E-state index is -1.46. The van der Waals surface area contributed by atoms with Gasteiger partial charge < -0.3 is 30.3 Å². The van der Waals surface area contributed by atoms with Gasteiger partial charge in [-0.2, -0.15) is 0 Å². The summed E-state index contributed by atoms with van der Waals surface area (Å²) in [5.41, 5.74) is -3.41. The molecule has 4 aliphatic rings. The number of carbonyl (C=O) groups is 2. The first-order chi connectivity index (χ1) is 17.1. The van der Waals surface area contributed by atoms with Crippen molar-refractivity contribution >= 4 is 11.8 Å². The maximum Gasteiger partial charge on any atom is 0.332 e. The monoisotopic (exact) mass is 522 g/mol. The summed E-state index contributed by atoms with van der Waals surface area (Å²) in [5, 5.41) is 54.5. The summed E-state index contributed by atoms with van der Waals surface area (Å²) in [6.07, 6.45) is 2.76. The molecule has 10 atom stereocenters. The molecule has 0 amide bonds. The highest BCUT2D eigenvalue weighted by Crippen LogP contribution is 2.68. The third-order valence-electron chi connectivity index (χ3n) is 10.9. The number of esters is 1. The van der Waals surface area contributed by atoms with Gasteiger partial charge in [-0.3, -0.25) is 4.79 Å². The highest BCUT2D eigenvalue weighted by Gasteiger charge is 2.69. The molecule has 0 aromatic heterocycles. The number of carbonyl (C=O) groups excluding carboxylic acids is 2. The fourth-order valence-corrected chi connectivity index (χ4v) is 8.68. The fraction of sp³-hybridized carbons (Fsp3) is 0.862. The first-order valence-electron chi connectivity index (χ1n) is 14.0. The van der Waals surface area contributed by atoms with E-state index in [0.29, 0.717) is 50.0 Å². The van der Waals surface area contributed by atoms with Crippen LogP contribution in [0.2, 0.25) is 0 Å². The summed E-state index contributed by atoms with van der Waals surface area (Å²) < 4.78 is 5.58. The third-order valence-corrected chi connectivity index (χ3v) is 10.9. The molecule has 37 heavy (non-hydrogen) atoms. The summed E-state index contributed by atoms with van der Waals surface area (Å²) in [6.45, 7) is 9.00. The number of ketones is 1. The zero-order valence-electron chi connectivity index (χ0n) is 22.9. The van der Waals surface area contributed by atoms with E-state index in [1.54, 1.807) is 13.0 Å². The SMILES string of the molecule is CC(C)CCC(OC(=O)CO)C(C)(O)C1CCC2(O)C3=CC(=O)C4CC(O)C(O)CC4(C)C3CCC12C. The standard InChI is InChI=1S/C29H46O8/c1-16(2)6-7-24(37-25(34)15-30)28(5,35)23-9-11-29(36)18-12-20(31)19-13-21(32)22(33)14-26(19,3)17(18)8-10-27(23,29)4/h12,16-17,19,21-24,30,32-33,35-36H,6-11,13-15H2,1-5H3. The molecule has 0 bridgehead atoms. The van der Waals surface area contributed by atoms with Crippen LogP contribution in [0.5, 0.6) is 0 Å². The zero-order valence-corrected chi connectivity index (χ0v) is 22.9. The van der Waals surface area contributed by atoms with Crippen LogP contribution in [-0.4, -0.2) is 73.4 Å². The van der Waals surface area contributed by atoms with Crippen LogP contribution in [0.4, 0.5) is 0 Å². The van der Waals surface area contributed by atoms with Crippen molar-refractivity contribution in [3.8, 4) is 0 Å². The van der Waals surface area contributed by atoms with Crippen molar-refractivity contribution in [2.45, 2.75) is 115 Å². The van der Waals surface area contributed by atoms with Crippen molar-refractivity contribution in [1.29, 1.82) is 0 Å². The van der Waals surface area contributed by atoms with Gasteiger partial charge in [0.25, 0.3) is 0 Å². The summed E-state index contributed by atoms with van der Waals surface area (Å²) in [6, 6.07) is 0. The van der Waals surface area contributed by atoms with Crippen LogP contribution >= 0.6 is 0 Å². The van der Waals surface area contributed by atoms with Crippen LogP contribution in [0.25, 0.3) is 0 Å². The lowest BCUT2D eigenvalue weighted by atomic mass is 9.45. The Balaban J connectivity index is 1.69. The Labute approximate surface area is 220 Å². The van der Waals surface area contributed by atoms with Gasteiger partial charge in [0.05, 0.1) is 17.8 Å². The molecule has 0 heterocycles. The number of rotatable bonds is 7. The van der Waals surface area contributed by atoms with E-state index in [1.807, 2.05) is 13.8 Å². The molecule has 0 aromatic carbocycles. The van der Waals surface area contributed by atoms with E-state index in [4.69, 9.17) is 4.74 Å². The minimum Gasteiger partial charge on any atom is -0.458 e. The quantitative estimate of drug-likeness (QED) is 0.320. The van der Waals surface area contributed by atoms with E-state index in [2.05, 4.69) is 13.8 Å². The van der Waals surface area contributed by atoms with Crippen molar-refractivity contribution in [2.24, 2.45) is 34.5 Å². The van der Waals surface area contributed by atoms with Gasteiger partial charge in [-0.05, 0) is 93.1 Å². The third kappa shape index (κ3) is 4.41. The first kappa shape index (κ1) is 28.7. The molecule has 0 radical (unpaired) electrons. The molecule has 210 valence electrons. The minimum absolute atomic E-state index is 0.108. The van der Waals surface area contributed by atoms with Crippen molar-refractivity contribution < 1.29 is 39.9 Å². The first-order valence-corrected chi connectivity index (χ1v) is 14.0. The average molecular weight is 523 g/mol. The Hall–Kier alpha value is -1.32. The lowest BCUT2D eigenvalue weighted by Gasteiger charge is -2.60. The normalized spacial score (nSPS) is 43.8. The number of aliphatic hydroxyl groups excluding tert-OH is 3. The predicted molar refractivity (Wildman–Crippen MR) is 136 cm³/mol. The van der Waals surface area contributed by atoms with Crippen LogP contribution < -0.4 is 0 Å². The number of allylic oxidation sites excluding steroid dienone is 1. The molecule has 8 heteroatoms. The van der Waals surface area contributed by atoms with Gasteiger partial charge in [0.15, 0.2) is 5.78 Å². The largest absolute Gasteiger partial charge is 0.458 e. The molecule has 0 saturated heterocycles. The molecule has 0 aromatic rings. The van der Waals surface area contributed by atoms with E-state index in [9.17, 15) is 35.1 Å². The van der Waals surface area contributed by atoms with E-state index in [0.717, 1.165) is 6.42 Å². The molecule has 10 unspecified atom stereocenters. The molecule has 0 spiro atoms. The molecular formula is C29H46O8. The number of ether oxygens (including phenoxy) is 1. The number of hydrogen-bond acceptors (Lipinski definition) is 8. The van der Waals surface area contributed by atoms with Crippen LogP contribution in [0, 0.1) is 34.5 Å². The molecule has 3 fully saturated rings. The van der Waals surface area contributed by atoms with Crippen molar-refractivity contribution in [1.82, 2.24) is 0 Å². The van der Waals surface area contributed by atoms with Crippen LogP contribution in [0.3, 0.4) is 0 Å². The second-order valence-corrected chi connectivity index (χ2v) is 13.4. The Kier molecular flexibility index (Phi) is 7.52. The molecule has 5 N–H and O–H groups in total. The van der Waals surface area contributed by atoms with Crippen molar-refractivity contribution in [2.75, 3.05) is 6.61 Å². The van der Waals surface area contributed by atoms with Crippen LogP contribution in [0.1, 0.15) is 86.0 Å². The summed E-state index contributed by atoms with van der Waals surface area (Å²) in [7, 11) is 0. The average Bonchev–Trinajstić information content (AvgIpc) is 3.10. The fourth-order valence-electron chi connectivity index (χ4n) is 8.68. The highest BCUT2D eigenvalue weighted by atomic mass is 16.6. The number of aliphatic hydroxyl groups is 5. The maximum absolute atomic E-state index is 13.4. The van der Waals surface area contributed by atoms with E-state index < -0.39 is 64.8 Å². The predicted octanol–water partition coefficient (Wildman–Crippen LogP) is 2.28. The highest BCUT2D eigenvalue weighted by molar-refractivity contribution is 5.95. The second-order valence-electron chi connectivity index (χ2n) is 13.4. The lowest BCUT2D eigenvalue weighted by Crippen LogP contribution is -2.63. The lowest BCUT2D eigenvalue weighted by molar-refractivity contribution is -0.194.